The highest BCUT2D eigenvalue weighted by atomic mass is 16.7. The van der Waals surface area contributed by atoms with Crippen LogP contribution in [0.25, 0.3) is 0 Å². The Kier molecular flexibility index (Phi) is 12.6. The Balaban J connectivity index is 1.57. The quantitative estimate of drug-likeness (QED) is 0.141. The molecule has 1 aliphatic heterocycles. The Morgan fingerprint density at radius 2 is 1.34 bits per heavy atom. The van der Waals surface area contributed by atoms with Crippen LogP contribution in [0.15, 0.2) is 91.0 Å². The molecular weight excluding hydrogens is 560 g/mol. The number of ether oxygens (including phenoxy) is 6. The van der Waals surface area contributed by atoms with Gasteiger partial charge in [-0.1, -0.05) is 91.0 Å². The van der Waals surface area contributed by atoms with Gasteiger partial charge in [0.1, 0.15) is 12.2 Å². The van der Waals surface area contributed by atoms with Crippen molar-refractivity contribution in [2.24, 2.45) is 0 Å². The van der Waals surface area contributed by atoms with Crippen LogP contribution in [0.1, 0.15) is 57.2 Å². The van der Waals surface area contributed by atoms with Crippen LogP contribution in [0, 0.1) is 0 Å². The van der Waals surface area contributed by atoms with Crippen LogP contribution < -0.4 is 0 Å². The second-order valence-electron chi connectivity index (χ2n) is 11.5. The first-order valence-electron chi connectivity index (χ1n) is 15.2. The minimum Gasteiger partial charge on any atom is -0.460 e. The van der Waals surface area contributed by atoms with Crippen LogP contribution in [-0.2, 0) is 57.8 Å². The van der Waals surface area contributed by atoms with Crippen LogP contribution in [0.5, 0.6) is 0 Å². The number of ketones is 1. The summed E-state index contributed by atoms with van der Waals surface area (Å²) in [6.45, 7) is 8.60. The van der Waals surface area contributed by atoms with Crippen molar-refractivity contribution in [3.63, 3.8) is 0 Å². The zero-order valence-electron chi connectivity index (χ0n) is 26.1. The molecule has 1 aliphatic rings. The van der Waals surface area contributed by atoms with Gasteiger partial charge in [-0.25, -0.2) is 4.79 Å². The molecule has 1 saturated heterocycles. The lowest BCUT2D eigenvalue weighted by Gasteiger charge is -2.47. The molecule has 1 heterocycles. The molecular formula is C36H44O8. The van der Waals surface area contributed by atoms with Crippen molar-refractivity contribution in [2.45, 2.75) is 96.7 Å². The summed E-state index contributed by atoms with van der Waals surface area (Å²) in [5.74, 6) is -1.50. The van der Waals surface area contributed by atoms with Gasteiger partial charge in [0.2, 0.25) is 5.78 Å². The summed E-state index contributed by atoms with van der Waals surface area (Å²) in [6, 6.07) is 29.9. The highest BCUT2D eigenvalue weighted by Gasteiger charge is 2.49. The van der Waals surface area contributed by atoms with Crippen molar-refractivity contribution < 1.29 is 38.0 Å². The monoisotopic (exact) mass is 604 g/mol. The minimum absolute atomic E-state index is 0.124. The summed E-state index contributed by atoms with van der Waals surface area (Å²) >= 11 is 0. The summed E-state index contributed by atoms with van der Waals surface area (Å²) in [4.78, 5) is 24.3. The SMILES string of the molecule is CCOC(=O)C(=O)C[C@@H](C)O[C@@H]1C[C@@H](OCc2ccccc2)[C@H](OCc2ccccc2)[C@@H](C(C)(C)OCc2ccccc2)O1. The number of esters is 1. The summed E-state index contributed by atoms with van der Waals surface area (Å²) in [5, 5.41) is 0. The van der Waals surface area contributed by atoms with Gasteiger partial charge in [-0.15, -0.1) is 0 Å². The molecule has 8 heteroatoms. The number of carbonyl (C=O) groups is 2. The van der Waals surface area contributed by atoms with Crippen LogP contribution in [0.4, 0.5) is 0 Å². The van der Waals surface area contributed by atoms with Gasteiger partial charge < -0.3 is 28.4 Å². The maximum atomic E-state index is 12.4. The molecule has 8 nitrogen and oxygen atoms in total. The number of carbonyl (C=O) groups excluding carboxylic acids is 2. The zero-order valence-corrected chi connectivity index (χ0v) is 26.1. The standard InChI is InChI=1S/C36H44O8/c1-5-39-35(38)30(37)21-26(2)43-32-22-31(40-23-27-15-9-6-10-16-27)33(41-24-28-17-11-7-12-18-28)34(44-32)36(3,4)42-25-29-19-13-8-14-20-29/h6-20,26,31-34H,5,21-25H2,1-4H3/t26-,31-,32+,33+,34+/m1/s1. The lowest BCUT2D eigenvalue weighted by atomic mass is 9.89. The van der Waals surface area contributed by atoms with E-state index in [1.165, 1.54) is 0 Å². The predicted octanol–water partition coefficient (Wildman–Crippen LogP) is 6.20. The number of benzene rings is 3. The summed E-state index contributed by atoms with van der Waals surface area (Å²) in [5.41, 5.74) is 2.27. The minimum atomic E-state index is -0.862. The smallest absolute Gasteiger partial charge is 0.374 e. The fourth-order valence-corrected chi connectivity index (χ4v) is 5.15. The molecule has 44 heavy (non-hydrogen) atoms. The summed E-state index contributed by atoms with van der Waals surface area (Å²) < 4.78 is 37.3. The van der Waals surface area contributed by atoms with Crippen molar-refractivity contribution in [3.8, 4) is 0 Å². The van der Waals surface area contributed by atoms with E-state index in [0.717, 1.165) is 16.7 Å². The predicted molar refractivity (Wildman–Crippen MR) is 165 cm³/mol. The molecule has 3 aromatic carbocycles. The van der Waals surface area contributed by atoms with E-state index in [9.17, 15) is 9.59 Å². The molecule has 0 saturated carbocycles. The molecule has 0 radical (unpaired) electrons. The van der Waals surface area contributed by atoms with Gasteiger partial charge >= 0.3 is 5.97 Å². The number of hydrogen-bond donors (Lipinski definition) is 0. The van der Waals surface area contributed by atoms with Gasteiger partial charge in [0, 0.05) is 12.8 Å². The van der Waals surface area contributed by atoms with E-state index in [-0.39, 0.29) is 13.0 Å². The molecule has 4 rings (SSSR count). The highest BCUT2D eigenvalue weighted by molar-refractivity contribution is 6.33. The molecule has 0 bridgehead atoms. The molecule has 0 unspecified atom stereocenters. The molecule has 236 valence electrons. The molecule has 3 aromatic rings. The summed E-state index contributed by atoms with van der Waals surface area (Å²) in [6.07, 6.45) is -2.61. The van der Waals surface area contributed by atoms with E-state index in [1.54, 1.807) is 13.8 Å². The Morgan fingerprint density at radius 1 is 0.818 bits per heavy atom. The van der Waals surface area contributed by atoms with Gasteiger partial charge in [-0.05, 0) is 44.4 Å². The fourth-order valence-electron chi connectivity index (χ4n) is 5.15. The second kappa shape index (κ2) is 16.6. The maximum Gasteiger partial charge on any atom is 0.374 e. The number of Topliss-reactive ketones (excluding diaryl/α,β-unsaturated/α-hetero) is 1. The number of rotatable bonds is 16. The Bertz CT molecular complexity index is 1280. The van der Waals surface area contributed by atoms with Crippen molar-refractivity contribution in [1.82, 2.24) is 0 Å². The molecule has 0 aliphatic carbocycles. The van der Waals surface area contributed by atoms with Crippen LogP contribution >= 0.6 is 0 Å². The molecule has 5 atom stereocenters. The average molecular weight is 605 g/mol. The molecule has 0 amide bonds. The van der Waals surface area contributed by atoms with E-state index >= 15 is 0 Å². The molecule has 1 fully saturated rings. The topological polar surface area (TPSA) is 89.5 Å². The molecule has 0 spiro atoms. The second-order valence-corrected chi connectivity index (χ2v) is 11.5. The van der Waals surface area contributed by atoms with Gasteiger partial charge in [0.05, 0.1) is 44.2 Å². The Labute approximate surface area is 260 Å². The lowest BCUT2D eigenvalue weighted by Crippen LogP contribution is -2.60. The molecule has 0 aromatic heterocycles. The summed E-state index contributed by atoms with van der Waals surface area (Å²) in [7, 11) is 0. The third kappa shape index (κ3) is 10.1. The third-order valence-corrected chi connectivity index (χ3v) is 7.48. The average Bonchev–Trinajstić information content (AvgIpc) is 3.03. The van der Waals surface area contributed by atoms with Gasteiger partial charge in [0.15, 0.2) is 6.29 Å². The van der Waals surface area contributed by atoms with Crippen LogP contribution in [0.3, 0.4) is 0 Å². The van der Waals surface area contributed by atoms with Crippen LogP contribution in [0.2, 0.25) is 0 Å². The van der Waals surface area contributed by atoms with Crippen LogP contribution in [-0.4, -0.2) is 54.7 Å². The van der Waals surface area contributed by atoms with E-state index in [2.05, 4.69) is 0 Å². The van der Waals surface area contributed by atoms with E-state index in [1.807, 2.05) is 105 Å². The first-order valence-corrected chi connectivity index (χ1v) is 15.2. The first kappa shape index (κ1) is 33.5. The fraction of sp³-hybridized carbons (Fsp3) is 0.444. The van der Waals surface area contributed by atoms with Gasteiger partial charge in [-0.2, -0.15) is 0 Å². The Morgan fingerprint density at radius 3 is 1.89 bits per heavy atom. The van der Waals surface area contributed by atoms with Gasteiger partial charge in [-0.3, -0.25) is 4.79 Å². The lowest BCUT2D eigenvalue weighted by molar-refractivity contribution is -0.312. The van der Waals surface area contributed by atoms with E-state index in [4.69, 9.17) is 28.4 Å². The first-order chi connectivity index (χ1) is 21.2. The Hall–Kier alpha value is -3.40. The van der Waals surface area contributed by atoms with Crippen molar-refractivity contribution in [2.75, 3.05) is 6.61 Å². The largest absolute Gasteiger partial charge is 0.460 e. The van der Waals surface area contributed by atoms with Crippen molar-refractivity contribution in [3.05, 3.63) is 108 Å². The molecule has 0 N–H and O–H groups in total. The van der Waals surface area contributed by atoms with E-state index < -0.39 is 48.1 Å². The highest BCUT2D eigenvalue weighted by Crippen LogP contribution is 2.36. The zero-order chi connectivity index (χ0) is 31.4. The van der Waals surface area contributed by atoms with E-state index in [0.29, 0.717) is 26.2 Å². The van der Waals surface area contributed by atoms with Crippen molar-refractivity contribution in [1.29, 1.82) is 0 Å². The third-order valence-electron chi connectivity index (χ3n) is 7.48. The normalized spacial score (nSPS) is 21.0. The van der Waals surface area contributed by atoms with Gasteiger partial charge in [0.25, 0.3) is 0 Å². The maximum absolute atomic E-state index is 12.4. The van der Waals surface area contributed by atoms with Crippen molar-refractivity contribution >= 4 is 11.8 Å². The number of hydrogen-bond acceptors (Lipinski definition) is 8.